The van der Waals surface area contributed by atoms with Crippen molar-refractivity contribution in [3.8, 4) is 5.75 Å². The van der Waals surface area contributed by atoms with Crippen LogP contribution in [0.25, 0.3) is 0 Å². The summed E-state index contributed by atoms with van der Waals surface area (Å²) in [6, 6.07) is 7.27. The first kappa shape index (κ1) is 24.7. The van der Waals surface area contributed by atoms with Crippen molar-refractivity contribution in [1.82, 2.24) is 14.8 Å². The van der Waals surface area contributed by atoms with E-state index in [1.165, 1.54) is 18.2 Å². The number of carbonyl (C=O) groups excluding carboxylic acids is 2. The summed E-state index contributed by atoms with van der Waals surface area (Å²) in [6.07, 6.45) is -0.0552. The predicted molar refractivity (Wildman–Crippen MR) is 118 cm³/mol. The molecule has 1 aromatic carbocycles. The van der Waals surface area contributed by atoms with Gasteiger partial charge in [-0.2, -0.15) is 4.31 Å². The number of benzene rings is 1. The average molecular weight is 480 g/mol. The van der Waals surface area contributed by atoms with Gasteiger partial charge in [0.1, 0.15) is 16.3 Å². The standard InChI is InChI=1S/C22H29N3O7S/c1-14-20(15(2)32-24-14)33(28,29)25-11-7-9-18(13-25)22(27)31-16(3)21(26)23-12-17-8-5-6-10-19(17)30-4/h5-6,8,10,16,18H,7,9,11-13H2,1-4H3,(H,23,26). The molecular weight excluding hydrogens is 450 g/mol. The van der Waals surface area contributed by atoms with Crippen LogP contribution in [-0.4, -0.2) is 56.1 Å². The maximum absolute atomic E-state index is 13.1. The molecule has 1 fully saturated rings. The maximum Gasteiger partial charge on any atom is 0.311 e. The number of methoxy groups -OCH3 is 1. The number of para-hydroxylation sites is 1. The van der Waals surface area contributed by atoms with Gasteiger partial charge in [-0.05, 0) is 39.7 Å². The van der Waals surface area contributed by atoms with Crippen LogP contribution in [-0.2, 0) is 30.9 Å². The Hall–Kier alpha value is -2.92. The predicted octanol–water partition coefficient (Wildman–Crippen LogP) is 1.95. The van der Waals surface area contributed by atoms with E-state index >= 15 is 0 Å². The van der Waals surface area contributed by atoms with Crippen LogP contribution in [0.4, 0.5) is 0 Å². The Bertz CT molecular complexity index is 1090. The number of rotatable bonds is 8. The summed E-state index contributed by atoms with van der Waals surface area (Å²) in [5.41, 5.74) is 1.07. The molecule has 3 rings (SSSR count). The monoisotopic (exact) mass is 479 g/mol. The highest BCUT2D eigenvalue weighted by Gasteiger charge is 2.37. The van der Waals surface area contributed by atoms with Crippen LogP contribution in [0.1, 0.15) is 36.8 Å². The van der Waals surface area contributed by atoms with Crippen LogP contribution in [0.3, 0.4) is 0 Å². The highest BCUT2D eigenvalue weighted by Crippen LogP contribution is 2.28. The van der Waals surface area contributed by atoms with Gasteiger partial charge in [-0.25, -0.2) is 8.42 Å². The average Bonchev–Trinajstić information content (AvgIpc) is 3.16. The third-order valence-electron chi connectivity index (χ3n) is 5.59. The van der Waals surface area contributed by atoms with E-state index in [4.69, 9.17) is 14.0 Å². The van der Waals surface area contributed by atoms with E-state index in [9.17, 15) is 18.0 Å². The third kappa shape index (κ3) is 5.53. The number of carbonyl (C=O) groups is 2. The van der Waals surface area contributed by atoms with Crippen LogP contribution >= 0.6 is 0 Å². The van der Waals surface area contributed by atoms with Crippen molar-refractivity contribution in [2.75, 3.05) is 20.2 Å². The van der Waals surface area contributed by atoms with Crippen LogP contribution in [0.15, 0.2) is 33.7 Å². The molecule has 0 aliphatic carbocycles. The molecule has 0 saturated carbocycles. The molecule has 1 N–H and O–H groups in total. The lowest BCUT2D eigenvalue weighted by Gasteiger charge is -2.31. The third-order valence-corrected chi connectivity index (χ3v) is 7.70. The highest BCUT2D eigenvalue weighted by atomic mass is 32.2. The van der Waals surface area contributed by atoms with E-state index in [0.717, 1.165) is 5.56 Å². The van der Waals surface area contributed by atoms with Crippen molar-refractivity contribution in [2.24, 2.45) is 5.92 Å². The molecular formula is C22H29N3O7S. The quantitative estimate of drug-likeness (QED) is 0.569. The smallest absolute Gasteiger partial charge is 0.311 e. The lowest BCUT2D eigenvalue weighted by Crippen LogP contribution is -2.44. The first-order chi connectivity index (χ1) is 15.6. The summed E-state index contributed by atoms with van der Waals surface area (Å²) in [7, 11) is -2.31. The van der Waals surface area contributed by atoms with Crippen LogP contribution in [0.5, 0.6) is 5.75 Å². The summed E-state index contributed by atoms with van der Waals surface area (Å²) in [4.78, 5) is 25.2. The van der Waals surface area contributed by atoms with Gasteiger partial charge in [-0.1, -0.05) is 23.4 Å². The number of amides is 1. The van der Waals surface area contributed by atoms with Crippen molar-refractivity contribution in [2.45, 2.75) is 51.2 Å². The van der Waals surface area contributed by atoms with Crippen LogP contribution in [0.2, 0.25) is 0 Å². The first-order valence-electron chi connectivity index (χ1n) is 10.7. The lowest BCUT2D eigenvalue weighted by atomic mass is 10.00. The molecule has 1 aliphatic rings. The number of piperidine rings is 1. The molecule has 0 radical (unpaired) electrons. The zero-order chi connectivity index (χ0) is 24.2. The fraction of sp³-hybridized carbons (Fsp3) is 0.500. The molecule has 0 spiro atoms. The van der Waals surface area contributed by atoms with Crippen molar-refractivity contribution in [3.63, 3.8) is 0 Å². The molecule has 0 bridgehead atoms. The SMILES string of the molecule is COc1ccccc1CNC(=O)C(C)OC(=O)C1CCCN(S(=O)(=O)c2c(C)noc2C)C1. The molecule has 180 valence electrons. The Morgan fingerprint density at radius 3 is 2.70 bits per heavy atom. The normalized spacial score (nSPS) is 17.9. The summed E-state index contributed by atoms with van der Waals surface area (Å²) >= 11 is 0. The Kier molecular flexibility index (Phi) is 7.75. The number of aromatic nitrogens is 1. The van der Waals surface area contributed by atoms with Gasteiger partial charge in [0, 0.05) is 25.2 Å². The molecule has 1 aliphatic heterocycles. The van der Waals surface area contributed by atoms with Gasteiger partial charge >= 0.3 is 5.97 Å². The Balaban J connectivity index is 1.58. The van der Waals surface area contributed by atoms with Gasteiger partial charge in [0.05, 0.1) is 13.0 Å². The number of ether oxygens (including phenoxy) is 2. The molecule has 33 heavy (non-hydrogen) atoms. The van der Waals surface area contributed by atoms with E-state index in [1.807, 2.05) is 18.2 Å². The minimum atomic E-state index is -3.86. The Labute approximate surface area is 193 Å². The van der Waals surface area contributed by atoms with E-state index in [1.54, 1.807) is 20.1 Å². The fourth-order valence-electron chi connectivity index (χ4n) is 3.82. The molecule has 2 aromatic rings. The molecule has 2 unspecified atom stereocenters. The largest absolute Gasteiger partial charge is 0.496 e. The minimum absolute atomic E-state index is 0.0270. The topological polar surface area (TPSA) is 128 Å². The van der Waals surface area contributed by atoms with Gasteiger partial charge in [-0.15, -0.1) is 0 Å². The molecule has 11 heteroatoms. The van der Waals surface area contributed by atoms with E-state index in [-0.39, 0.29) is 36.0 Å². The number of hydrogen-bond donors (Lipinski definition) is 1. The van der Waals surface area contributed by atoms with Gasteiger partial charge in [0.2, 0.25) is 10.0 Å². The molecule has 1 aromatic heterocycles. The Morgan fingerprint density at radius 2 is 2.03 bits per heavy atom. The minimum Gasteiger partial charge on any atom is -0.496 e. The zero-order valence-corrected chi connectivity index (χ0v) is 20.0. The first-order valence-corrected chi connectivity index (χ1v) is 12.1. The maximum atomic E-state index is 13.1. The van der Waals surface area contributed by atoms with Gasteiger partial charge in [-0.3, -0.25) is 9.59 Å². The lowest BCUT2D eigenvalue weighted by molar-refractivity contribution is -0.159. The second-order valence-electron chi connectivity index (χ2n) is 7.96. The zero-order valence-electron chi connectivity index (χ0n) is 19.2. The summed E-state index contributed by atoms with van der Waals surface area (Å²) in [5.74, 6) is -0.876. The number of hydrogen-bond acceptors (Lipinski definition) is 8. The van der Waals surface area contributed by atoms with Gasteiger partial charge in [0.15, 0.2) is 11.9 Å². The second kappa shape index (κ2) is 10.3. The van der Waals surface area contributed by atoms with Crippen molar-refractivity contribution in [1.29, 1.82) is 0 Å². The molecule has 2 atom stereocenters. The molecule has 10 nitrogen and oxygen atoms in total. The van der Waals surface area contributed by atoms with E-state index in [0.29, 0.717) is 18.6 Å². The van der Waals surface area contributed by atoms with Crippen LogP contribution in [0, 0.1) is 19.8 Å². The van der Waals surface area contributed by atoms with E-state index in [2.05, 4.69) is 10.5 Å². The fourth-order valence-corrected chi connectivity index (χ4v) is 5.64. The summed E-state index contributed by atoms with van der Waals surface area (Å²) in [5, 5.41) is 6.44. The molecule has 1 saturated heterocycles. The molecule has 1 amide bonds. The second-order valence-corrected chi connectivity index (χ2v) is 9.84. The highest BCUT2D eigenvalue weighted by molar-refractivity contribution is 7.89. The van der Waals surface area contributed by atoms with Crippen LogP contribution < -0.4 is 10.1 Å². The number of nitrogens with one attached hydrogen (secondary N) is 1. The summed E-state index contributed by atoms with van der Waals surface area (Å²) in [6.45, 7) is 5.05. The van der Waals surface area contributed by atoms with Gasteiger partial charge in [0.25, 0.3) is 5.91 Å². The number of sulfonamides is 1. The number of nitrogens with zero attached hydrogens (tertiary/aromatic N) is 2. The number of esters is 1. The van der Waals surface area contributed by atoms with E-state index < -0.39 is 33.9 Å². The van der Waals surface area contributed by atoms with Crippen molar-refractivity contribution >= 4 is 21.9 Å². The van der Waals surface area contributed by atoms with Crippen molar-refractivity contribution < 1.29 is 32.0 Å². The summed E-state index contributed by atoms with van der Waals surface area (Å²) < 4.78 is 43.0. The molecule has 2 heterocycles. The number of aryl methyl sites for hydroxylation is 2. The van der Waals surface area contributed by atoms with Gasteiger partial charge < -0.3 is 19.3 Å². The Morgan fingerprint density at radius 1 is 1.30 bits per heavy atom. The van der Waals surface area contributed by atoms with Crippen molar-refractivity contribution in [3.05, 3.63) is 41.3 Å².